The molecule has 2 N–H and O–H groups in total. The van der Waals surface area contributed by atoms with Gasteiger partial charge in [0.05, 0.1) is 5.56 Å². The normalized spacial score (nSPS) is 11.5. The van der Waals surface area contributed by atoms with Crippen molar-refractivity contribution < 1.29 is 23.8 Å². The van der Waals surface area contributed by atoms with Crippen LogP contribution in [0.5, 0.6) is 5.75 Å². The minimum Gasteiger partial charge on any atom is -0.508 e. The number of anilines is 1. The Morgan fingerprint density at radius 1 is 1.18 bits per heavy atom. The maximum atomic E-state index is 12.8. The summed E-state index contributed by atoms with van der Waals surface area (Å²) >= 11 is 0. The molecule has 0 saturated carbocycles. The molecular weight excluding hydrogens is 289 g/mol. The van der Waals surface area contributed by atoms with Crippen LogP contribution in [0.2, 0.25) is 0 Å². The fraction of sp³-hybridized carbons (Fsp3) is 0.125. The zero-order valence-electron chi connectivity index (χ0n) is 11.7. The number of phenols is 1. The number of ether oxygens (including phenoxy) is 1. The SMILES string of the molecule is C[C@@H](OC(=O)c1cccc(O)c1)C(=O)Nc1ccc(F)cc1. The number of halogens is 1. The van der Waals surface area contributed by atoms with Gasteiger partial charge in [-0.25, -0.2) is 9.18 Å². The lowest BCUT2D eigenvalue weighted by Crippen LogP contribution is -2.30. The molecule has 0 aliphatic heterocycles. The maximum absolute atomic E-state index is 12.8. The summed E-state index contributed by atoms with van der Waals surface area (Å²) in [6, 6.07) is 10.8. The number of hydrogen-bond acceptors (Lipinski definition) is 4. The summed E-state index contributed by atoms with van der Waals surface area (Å²) in [5, 5.41) is 11.8. The molecule has 114 valence electrons. The number of carbonyl (C=O) groups is 2. The minimum absolute atomic E-state index is 0.0714. The van der Waals surface area contributed by atoms with E-state index in [9.17, 15) is 19.1 Å². The molecule has 22 heavy (non-hydrogen) atoms. The highest BCUT2D eigenvalue weighted by Gasteiger charge is 2.19. The summed E-state index contributed by atoms with van der Waals surface area (Å²) in [5.74, 6) is -1.75. The number of amides is 1. The summed E-state index contributed by atoms with van der Waals surface area (Å²) < 4.78 is 17.8. The molecule has 1 atom stereocenters. The van der Waals surface area contributed by atoms with Gasteiger partial charge in [-0.05, 0) is 49.4 Å². The fourth-order valence-electron chi connectivity index (χ4n) is 1.69. The second-order valence-electron chi connectivity index (χ2n) is 4.59. The third-order valence-electron chi connectivity index (χ3n) is 2.85. The summed E-state index contributed by atoms with van der Waals surface area (Å²) in [4.78, 5) is 23.7. The van der Waals surface area contributed by atoms with Gasteiger partial charge in [0, 0.05) is 5.69 Å². The topological polar surface area (TPSA) is 75.6 Å². The van der Waals surface area contributed by atoms with E-state index in [0.717, 1.165) is 0 Å². The van der Waals surface area contributed by atoms with Gasteiger partial charge < -0.3 is 15.2 Å². The van der Waals surface area contributed by atoms with Crippen LogP contribution in [0.4, 0.5) is 10.1 Å². The van der Waals surface area contributed by atoms with Crippen molar-refractivity contribution >= 4 is 17.6 Å². The number of benzene rings is 2. The number of rotatable bonds is 4. The highest BCUT2D eigenvalue weighted by atomic mass is 19.1. The molecule has 1 amide bonds. The molecule has 5 nitrogen and oxygen atoms in total. The Bertz CT molecular complexity index is 685. The monoisotopic (exact) mass is 303 g/mol. The van der Waals surface area contributed by atoms with Crippen LogP contribution >= 0.6 is 0 Å². The van der Waals surface area contributed by atoms with E-state index in [0.29, 0.717) is 5.69 Å². The van der Waals surface area contributed by atoms with E-state index in [1.54, 1.807) is 0 Å². The van der Waals surface area contributed by atoms with Gasteiger partial charge >= 0.3 is 5.97 Å². The Morgan fingerprint density at radius 3 is 2.50 bits per heavy atom. The fourth-order valence-corrected chi connectivity index (χ4v) is 1.69. The third kappa shape index (κ3) is 4.05. The number of nitrogens with one attached hydrogen (secondary N) is 1. The van der Waals surface area contributed by atoms with Crippen molar-refractivity contribution in [1.82, 2.24) is 0 Å². The molecule has 0 aliphatic carbocycles. The van der Waals surface area contributed by atoms with E-state index >= 15 is 0 Å². The lowest BCUT2D eigenvalue weighted by Gasteiger charge is -2.13. The lowest BCUT2D eigenvalue weighted by atomic mass is 10.2. The molecule has 2 aromatic rings. The van der Waals surface area contributed by atoms with Crippen LogP contribution in [0, 0.1) is 5.82 Å². The Balaban J connectivity index is 1.96. The van der Waals surface area contributed by atoms with Crippen LogP contribution in [0.15, 0.2) is 48.5 Å². The first kappa shape index (κ1) is 15.5. The predicted molar refractivity (Wildman–Crippen MR) is 78.0 cm³/mol. The number of phenolic OH excluding ortho intramolecular Hbond substituents is 1. The molecule has 0 heterocycles. The molecule has 0 saturated heterocycles. The Morgan fingerprint density at radius 2 is 1.86 bits per heavy atom. The maximum Gasteiger partial charge on any atom is 0.339 e. The molecule has 0 bridgehead atoms. The molecular formula is C16H14FNO4. The van der Waals surface area contributed by atoms with Crippen LogP contribution in [0.1, 0.15) is 17.3 Å². The van der Waals surface area contributed by atoms with Gasteiger partial charge in [0.1, 0.15) is 11.6 Å². The molecule has 0 fully saturated rings. The molecule has 0 unspecified atom stereocenters. The second kappa shape index (κ2) is 6.71. The van der Waals surface area contributed by atoms with Crippen LogP contribution in [0.3, 0.4) is 0 Å². The van der Waals surface area contributed by atoms with Crippen molar-refractivity contribution in [1.29, 1.82) is 0 Å². The largest absolute Gasteiger partial charge is 0.508 e. The van der Waals surface area contributed by atoms with E-state index < -0.39 is 23.8 Å². The molecule has 2 aromatic carbocycles. The highest BCUT2D eigenvalue weighted by Crippen LogP contribution is 2.13. The predicted octanol–water partition coefficient (Wildman–Crippen LogP) is 2.72. The van der Waals surface area contributed by atoms with Crippen LogP contribution in [-0.4, -0.2) is 23.1 Å². The zero-order valence-corrected chi connectivity index (χ0v) is 11.7. The van der Waals surface area contributed by atoms with Crippen LogP contribution < -0.4 is 5.32 Å². The Labute approximate surface area is 126 Å². The van der Waals surface area contributed by atoms with Gasteiger partial charge in [0.25, 0.3) is 5.91 Å². The minimum atomic E-state index is -1.04. The van der Waals surface area contributed by atoms with Crippen LogP contribution in [-0.2, 0) is 9.53 Å². The third-order valence-corrected chi connectivity index (χ3v) is 2.85. The molecule has 0 aromatic heterocycles. The first-order valence-corrected chi connectivity index (χ1v) is 6.52. The number of esters is 1. The van der Waals surface area contributed by atoms with Crippen molar-refractivity contribution in [2.45, 2.75) is 13.0 Å². The van der Waals surface area contributed by atoms with E-state index in [2.05, 4.69) is 5.32 Å². The van der Waals surface area contributed by atoms with Gasteiger partial charge in [-0.3, -0.25) is 4.79 Å². The molecule has 6 heteroatoms. The van der Waals surface area contributed by atoms with Crippen LogP contribution in [0.25, 0.3) is 0 Å². The number of carbonyl (C=O) groups excluding carboxylic acids is 2. The smallest absolute Gasteiger partial charge is 0.339 e. The first-order chi connectivity index (χ1) is 10.5. The van der Waals surface area contributed by atoms with E-state index in [-0.39, 0.29) is 11.3 Å². The first-order valence-electron chi connectivity index (χ1n) is 6.52. The second-order valence-corrected chi connectivity index (χ2v) is 4.59. The Hall–Kier alpha value is -2.89. The summed E-state index contributed by atoms with van der Waals surface area (Å²) in [5.41, 5.74) is 0.535. The van der Waals surface area contributed by atoms with Gasteiger partial charge in [-0.2, -0.15) is 0 Å². The van der Waals surface area contributed by atoms with Gasteiger partial charge in [-0.15, -0.1) is 0 Å². The average molecular weight is 303 g/mol. The van der Waals surface area contributed by atoms with Crippen molar-refractivity contribution in [3.63, 3.8) is 0 Å². The average Bonchev–Trinajstić information content (AvgIpc) is 2.49. The standard InChI is InChI=1S/C16H14FNO4/c1-10(15(20)18-13-7-5-12(17)6-8-13)22-16(21)11-3-2-4-14(19)9-11/h2-10,19H,1H3,(H,18,20)/t10-/m1/s1. The number of hydrogen-bond donors (Lipinski definition) is 2. The van der Waals surface area contributed by atoms with Crippen molar-refractivity contribution in [3.8, 4) is 5.75 Å². The summed E-state index contributed by atoms with van der Waals surface area (Å²) in [7, 11) is 0. The molecule has 2 rings (SSSR count). The lowest BCUT2D eigenvalue weighted by molar-refractivity contribution is -0.123. The summed E-state index contributed by atoms with van der Waals surface area (Å²) in [6.45, 7) is 1.42. The molecule has 0 aliphatic rings. The number of aromatic hydroxyl groups is 1. The Kier molecular flexibility index (Phi) is 4.73. The molecule has 0 spiro atoms. The van der Waals surface area contributed by atoms with E-state index in [4.69, 9.17) is 4.74 Å². The van der Waals surface area contributed by atoms with Crippen molar-refractivity contribution in [3.05, 3.63) is 59.9 Å². The quantitative estimate of drug-likeness (QED) is 0.852. The van der Waals surface area contributed by atoms with Gasteiger partial charge in [-0.1, -0.05) is 6.07 Å². The van der Waals surface area contributed by atoms with Gasteiger partial charge in [0.15, 0.2) is 6.10 Å². The van der Waals surface area contributed by atoms with Crippen molar-refractivity contribution in [2.75, 3.05) is 5.32 Å². The molecule has 0 radical (unpaired) electrons. The summed E-state index contributed by atoms with van der Waals surface area (Å²) in [6.07, 6.45) is -1.04. The van der Waals surface area contributed by atoms with Crippen molar-refractivity contribution in [2.24, 2.45) is 0 Å². The highest BCUT2D eigenvalue weighted by molar-refractivity contribution is 5.97. The van der Waals surface area contributed by atoms with E-state index in [1.165, 1.54) is 55.5 Å². The van der Waals surface area contributed by atoms with Gasteiger partial charge in [0.2, 0.25) is 0 Å². The van der Waals surface area contributed by atoms with E-state index in [1.807, 2.05) is 0 Å². The zero-order chi connectivity index (χ0) is 16.1.